The summed E-state index contributed by atoms with van der Waals surface area (Å²) in [6, 6.07) is 38.9. The molecule has 4 aliphatic heterocycles. The lowest BCUT2D eigenvalue weighted by molar-refractivity contribution is -0.255. The molecule has 0 radical (unpaired) electrons. The molecule has 0 bridgehead atoms. The highest BCUT2D eigenvalue weighted by atomic mass is 16.7. The average molecular weight is 788 g/mol. The zero-order chi connectivity index (χ0) is 39.5. The fourth-order valence-electron chi connectivity index (χ4n) is 9.67. The minimum absolute atomic E-state index is 0.0275. The van der Waals surface area contributed by atoms with Crippen molar-refractivity contribution in [2.45, 2.75) is 81.7 Å². The van der Waals surface area contributed by atoms with Gasteiger partial charge in [0, 0.05) is 44.5 Å². The number of aromatic nitrogens is 4. The Hall–Kier alpha value is -5.39. The molecule has 2 aromatic heterocycles. The molecule has 10 rings (SSSR count). The van der Waals surface area contributed by atoms with E-state index < -0.39 is 0 Å². The minimum Gasteiger partial charge on any atom is -0.368 e. The molecular weight excluding hydrogens is 735 g/mol. The lowest BCUT2D eigenvalue weighted by Crippen LogP contribution is -2.40. The summed E-state index contributed by atoms with van der Waals surface area (Å²) in [7, 11) is 0. The second kappa shape index (κ2) is 17.1. The van der Waals surface area contributed by atoms with Crippen molar-refractivity contribution in [2.75, 3.05) is 32.8 Å². The van der Waals surface area contributed by atoms with Crippen molar-refractivity contribution in [2.24, 2.45) is 0 Å². The van der Waals surface area contributed by atoms with E-state index in [2.05, 4.69) is 129 Å². The van der Waals surface area contributed by atoms with Gasteiger partial charge in [0.05, 0.1) is 29.7 Å². The van der Waals surface area contributed by atoms with Gasteiger partial charge in [-0.25, -0.2) is 9.97 Å². The van der Waals surface area contributed by atoms with Crippen LogP contribution < -0.4 is 0 Å². The number of nitrogens with one attached hydrogen (secondary N) is 2. The van der Waals surface area contributed by atoms with E-state index in [4.69, 9.17) is 19.5 Å². The molecule has 302 valence electrons. The van der Waals surface area contributed by atoms with Crippen molar-refractivity contribution < 1.29 is 14.4 Å². The molecular formula is C49H53N7O3. The number of carbonyl (C=O) groups is 1. The average Bonchev–Trinajstić information content (AvgIpc) is 4.17. The summed E-state index contributed by atoms with van der Waals surface area (Å²) in [6.07, 6.45) is 11.4. The summed E-state index contributed by atoms with van der Waals surface area (Å²) in [5.74, 6) is 2.50. The number of nitrogens with zero attached hydrogens (tertiary/aromatic N) is 5. The summed E-state index contributed by atoms with van der Waals surface area (Å²) in [4.78, 5) is 41.5. The molecule has 10 heteroatoms. The van der Waals surface area contributed by atoms with Crippen LogP contribution in [0, 0.1) is 0 Å². The Morgan fingerprint density at radius 2 is 1.37 bits per heavy atom. The van der Waals surface area contributed by atoms with E-state index in [1.165, 1.54) is 11.1 Å². The maximum Gasteiger partial charge on any atom is 0.252 e. The van der Waals surface area contributed by atoms with Gasteiger partial charge in [0.15, 0.2) is 6.23 Å². The van der Waals surface area contributed by atoms with Crippen molar-refractivity contribution in [3.05, 3.63) is 144 Å². The number of H-pyrrole nitrogens is 2. The molecule has 59 heavy (non-hydrogen) atoms. The molecule has 4 aromatic carbocycles. The molecule has 0 saturated carbocycles. The van der Waals surface area contributed by atoms with Crippen LogP contribution in [0.5, 0.6) is 0 Å². The third-order valence-electron chi connectivity index (χ3n) is 12.9. The van der Waals surface area contributed by atoms with Crippen LogP contribution in [-0.4, -0.2) is 79.6 Å². The van der Waals surface area contributed by atoms with Crippen molar-refractivity contribution >= 4 is 5.91 Å². The van der Waals surface area contributed by atoms with Gasteiger partial charge in [0.25, 0.3) is 5.91 Å². The molecule has 4 saturated heterocycles. The first-order chi connectivity index (χ1) is 29.1. The first kappa shape index (κ1) is 37.9. The number of piperidine rings is 1. The van der Waals surface area contributed by atoms with Crippen LogP contribution in [0.25, 0.3) is 33.6 Å². The number of ether oxygens (including phenoxy) is 1. The van der Waals surface area contributed by atoms with Gasteiger partial charge in [-0.05, 0) is 85.1 Å². The van der Waals surface area contributed by atoms with Gasteiger partial charge in [-0.3, -0.25) is 14.5 Å². The number of likely N-dealkylation sites (tertiary alicyclic amines) is 2. The molecule has 6 aromatic rings. The van der Waals surface area contributed by atoms with Crippen LogP contribution in [0.3, 0.4) is 0 Å². The van der Waals surface area contributed by atoms with E-state index in [0.717, 1.165) is 123 Å². The summed E-state index contributed by atoms with van der Waals surface area (Å²) in [5, 5.41) is 2.18. The Bertz CT molecular complexity index is 2300. The van der Waals surface area contributed by atoms with E-state index in [1.54, 1.807) is 0 Å². The number of hydrogen-bond acceptors (Lipinski definition) is 7. The largest absolute Gasteiger partial charge is 0.368 e. The Labute approximate surface area is 346 Å². The second-order valence-electron chi connectivity index (χ2n) is 16.6. The molecule has 1 amide bonds. The Morgan fingerprint density at radius 1 is 0.695 bits per heavy atom. The van der Waals surface area contributed by atoms with Gasteiger partial charge in [-0.1, -0.05) is 109 Å². The van der Waals surface area contributed by atoms with Crippen molar-refractivity contribution in [1.82, 2.24) is 34.8 Å². The zero-order valence-electron chi connectivity index (χ0n) is 33.6. The molecule has 6 heterocycles. The number of hydroxylamine groups is 2. The van der Waals surface area contributed by atoms with Gasteiger partial charge in [-0.15, -0.1) is 0 Å². The molecule has 4 aliphatic rings. The lowest BCUT2D eigenvalue weighted by Gasteiger charge is -2.39. The Morgan fingerprint density at radius 3 is 2.10 bits per heavy atom. The van der Waals surface area contributed by atoms with Crippen LogP contribution in [0.1, 0.15) is 98.4 Å². The summed E-state index contributed by atoms with van der Waals surface area (Å²) in [6.45, 7) is 4.29. The van der Waals surface area contributed by atoms with Crippen LogP contribution in [-0.2, 0) is 14.4 Å². The normalized spacial score (nSPS) is 22.3. The second-order valence-corrected chi connectivity index (χ2v) is 16.6. The molecule has 2 N–H and O–H groups in total. The predicted molar refractivity (Wildman–Crippen MR) is 229 cm³/mol. The molecule has 4 fully saturated rings. The third-order valence-corrected chi connectivity index (χ3v) is 12.9. The Balaban J connectivity index is 0.786. The topological polar surface area (TPSA) is 103 Å². The Kier molecular flexibility index (Phi) is 11.0. The van der Waals surface area contributed by atoms with Crippen LogP contribution in [0.2, 0.25) is 0 Å². The summed E-state index contributed by atoms with van der Waals surface area (Å²) in [5.41, 5.74) is 8.95. The number of benzene rings is 4. The van der Waals surface area contributed by atoms with Crippen molar-refractivity contribution in [3.63, 3.8) is 0 Å². The zero-order valence-corrected chi connectivity index (χ0v) is 33.6. The minimum atomic E-state index is -0.301. The number of hydrogen-bond donors (Lipinski definition) is 2. The van der Waals surface area contributed by atoms with E-state index in [1.807, 2.05) is 17.3 Å². The van der Waals surface area contributed by atoms with Gasteiger partial charge in [0.2, 0.25) is 0 Å². The summed E-state index contributed by atoms with van der Waals surface area (Å²) < 4.78 is 5.70. The van der Waals surface area contributed by atoms with Crippen molar-refractivity contribution in [3.8, 4) is 33.6 Å². The smallest absolute Gasteiger partial charge is 0.252 e. The van der Waals surface area contributed by atoms with Gasteiger partial charge >= 0.3 is 0 Å². The van der Waals surface area contributed by atoms with E-state index in [9.17, 15) is 4.79 Å². The van der Waals surface area contributed by atoms with E-state index in [0.29, 0.717) is 12.5 Å². The molecule has 4 atom stereocenters. The molecule has 0 spiro atoms. The lowest BCUT2D eigenvalue weighted by atomic mass is 9.89. The van der Waals surface area contributed by atoms with E-state index >= 15 is 0 Å². The fraction of sp³-hybridized carbons (Fsp3) is 0.367. The number of aromatic amines is 2. The van der Waals surface area contributed by atoms with Gasteiger partial charge < -0.3 is 19.6 Å². The predicted octanol–water partition coefficient (Wildman–Crippen LogP) is 9.62. The summed E-state index contributed by atoms with van der Waals surface area (Å²) >= 11 is 0. The van der Waals surface area contributed by atoms with Gasteiger partial charge in [-0.2, -0.15) is 5.06 Å². The first-order valence-electron chi connectivity index (χ1n) is 21.7. The highest BCUT2D eigenvalue weighted by Gasteiger charge is 2.38. The van der Waals surface area contributed by atoms with Crippen LogP contribution in [0.4, 0.5) is 0 Å². The quantitative estimate of drug-likeness (QED) is 0.135. The maximum absolute atomic E-state index is 13.2. The fourth-order valence-corrected chi connectivity index (χ4v) is 9.67. The maximum atomic E-state index is 13.2. The highest BCUT2D eigenvalue weighted by Crippen LogP contribution is 2.39. The number of carbonyl (C=O) groups excluding carboxylic acids is 1. The van der Waals surface area contributed by atoms with Crippen molar-refractivity contribution in [1.29, 1.82) is 0 Å². The third kappa shape index (κ3) is 8.02. The standard InChI is InChI=1S/C49H53N7O3/c57-48(45-16-9-31-58-45)55-27-7-14-43(55)46-50-32-41(52-46)38-21-17-35(18-22-38)36-19-23-39(24-20-36)42-33-51-47(53-42)44-15-8-28-56(44)59-49(40-12-5-2-6-13-40)54-29-25-37(26-30-54)34-10-3-1-4-11-34/h1-6,10-13,17-24,32-33,37,43-45,49H,7-9,14-16,25-31H2,(H,50,52)(H,51,53)/t43-,44-,45+,49?/m0/s1. The SMILES string of the molecule is O=C([C@H]1CCCO1)N1CCC[C@H]1c1nc(-c2ccc(-c3ccc(-c4cnc([C@@H]5CCCN5OC(c5ccccc5)N5CCC(c6ccccc6)CC5)[nH]4)cc3)cc2)c[nH]1. The number of imidazole rings is 2. The molecule has 1 unspecified atom stereocenters. The molecule has 0 aliphatic carbocycles. The highest BCUT2D eigenvalue weighted by molar-refractivity contribution is 5.82. The van der Waals surface area contributed by atoms with E-state index in [-0.39, 0.29) is 30.3 Å². The van der Waals surface area contributed by atoms with Crippen LogP contribution in [0.15, 0.2) is 122 Å². The first-order valence-corrected chi connectivity index (χ1v) is 21.7. The monoisotopic (exact) mass is 787 g/mol. The van der Waals surface area contributed by atoms with Crippen LogP contribution >= 0.6 is 0 Å². The molecule has 10 nitrogen and oxygen atoms in total. The number of rotatable bonds is 11. The van der Waals surface area contributed by atoms with Gasteiger partial charge in [0.1, 0.15) is 17.8 Å². The number of amides is 1.